The molecule has 0 bridgehead atoms. The molecule has 2 aliphatic heterocycles. The lowest BCUT2D eigenvalue weighted by molar-refractivity contribution is -0.772. The van der Waals surface area contributed by atoms with Crippen LogP contribution in [-0.4, -0.2) is 67.0 Å². The second kappa shape index (κ2) is 10.6. The van der Waals surface area contributed by atoms with Crippen LogP contribution in [0.3, 0.4) is 0 Å². The van der Waals surface area contributed by atoms with E-state index >= 15 is 0 Å². The highest BCUT2D eigenvalue weighted by atomic mass is 32.2. The number of benzene rings is 2. The molecule has 0 N–H and O–H groups in total. The molecule has 8 heteroatoms. The van der Waals surface area contributed by atoms with Gasteiger partial charge in [-0.1, -0.05) is 60.7 Å². The van der Waals surface area contributed by atoms with Gasteiger partial charge in [0.2, 0.25) is 6.43 Å². The number of halogens is 2. The molecule has 5 nitrogen and oxygen atoms in total. The fourth-order valence-electron chi connectivity index (χ4n) is 4.01. The highest BCUT2D eigenvalue weighted by molar-refractivity contribution is 8.14. The molecular weight excluding hydrogens is 446 g/mol. The van der Waals surface area contributed by atoms with E-state index in [9.17, 15) is 8.78 Å². The summed E-state index contributed by atoms with van der Waals surface area (Å²) in [4.78, 5) is 4.93. The standard InChI is InChI=1S/C25H31F2N2O3S/c1-29(2,3)25-28-21-23(31-16-18-12-8-5-9-13-18)22(30-15-17-10-6-4-7-11-17)19(14-20(26)27)32-24(21)33-25/h4-13,19-24H,14-16H2,1-3H3/q+1. The van der Waals surface area contributed by atoms with E-state index in [-0.39, 0.29) is 18.1 Å². The summed E-state index contributed by atoms with van der Waals surface area (Å²) in [6.07, 6.45) is -4.87. The van der Waals surface area contributed by atoms with Gasteiger partial charge in [0.05, 0.1) is 40.5 Å². The maximum atomic E-state index is 13.5. The van der Waals surface area contributed by atoms with Crippen LogP contribution >= 0.6 is 11.8 Å². The molecule has 0 saturated carbocycles. The van der Waals surface area contributed by atoms with Crippen molar-refractivity contribution in [3.05, 3.63) is 71.8 Å². The summed E-state index contributed by atoms with van der Waals surface area (Å²) in [5.41, 5.74) is 1.60. The Labute approximate surface area is 198 Å². The number of hydrogen-bond donors (Lipinski definition) is 0. The normalized spacial score (nSPS) is 27.5. The first kappa shape index (κ1) is 24.3. The third-order valence-electron chi connectivity index (χ3n) is 5.65. The molecule has 33 heavy (non-hydrogen) atoms. The second-order valence-electron chi connectivity index (χ2n) is 9.22. The van der Waals surface area contributed by atoms with E-state index in [1.807, 2.05) is 81.8 Å². The van der Waals surface area contributed by atoms with Gasteiger partial charge < -0.3 is 14.2 Å². The minimum atomic E-state index is -2.51. The predicted molar refractivity (Wildman–Crippen MR) is 126 cm³/mol. The van der Waals surface area contributed by atoms with Crippen molar-refractivity contribution in [2.45, 2.75) is 55.8 Å². The number of rotatable bonds is 8. The lowest BCUT2D eigenvalue weighted by Crippen LogP contribution is -2.57. The van der Waals surface area contributed by atoms with E-state index in [0.717, 1.165) is 16.3 Å². The lowest BCUT2D eigenvalue weighted by Gasteiger charge is -2.42. The van der Waals surface area contributed by atoms with Crippen LogP contribution in [0.2, 0.25) is 0 Å². The topological polar surface area (TPSA) is 40.0 Å². The Hall–Kier alpha value is -1.84. The van der Waals surface area contributed by atoms with Crippen molar-refractivity contribution >= 4 is 16.9 Å². The van der Waals surface area contributed by atoms with E-state index in [1.54, 1.807) is 0 Å². The van der Waals surface area contributed by atoms with E-state index in [0.29, 0.717) is 11.1 Å². The van der Waals surface area contributed by atoms with E-state index in [1.165, 1.54) is 11.8 Å². The molecule has 2 aliphatic rings. The summed E-state index contributed by atoms with van der Waals surface area (Å²) in [7, 11) is 6.09. The summed E-state index contributed by atoms with van der Waals surface area (Å²) in [6.45, 7) is 0.636. The Bertz CT molecular complexity index is 924. The van der Waals surface area contributed by atoms with Crippen LogP contribution in [0.15, 0.2) is 65.7 Å². The predicted octanol–water partition coefficient (Wildman–Crippen LogP) is 4.71. The van der Waals surface area contributed by atoms with Gasteiger partial charge >= 0.3 is 0 Å². The molecule has 0 spiro atoms. The van der Waals surface area contributed by atoms with Gasteiger partial charge in [-0.05, 0) is 22.9 Å². The number of fused-ring (bicyclic) bond motifs is 1. The molecular formula is C25H31F2N2O3S+. The number of hydrogen-bond acceptors (Lipinski definition) is 5. The second-order valence-corrected chi connectivity index (χ2v) is 10.3. The molecule has 0 amide bonds. The molecule has 0 radical (unpaired) electrons. The van der Waals surface area contributed by atoms with Gasteiger partial charge in [0.1, 0.15) is 23.7 Å². The number of thioether (sulfide) groups is 1. The zero-order valence-electron chi connectivity index (χ0n) is 19.1. The Morgan fingerprint density at radius 1 is 0.909 bits per heavy atom. The smallest absolute Gasteiger partial charge is 0.261 e. The molecule has 2 aromatic rings. The lowest BCUT2D eigenvalue weighted by atomic mass is 9.95. The molecule has 0 aliphatic carbocycles. The average molecular weight is 478 g/mol. The zero-order chi connectivity index (χ0) is 23.4. The van der Waals surface area contributed by atoms with E-state index in [2.05, 4.69) is 0 Å². The van der Waals surface area contributed by atoms with Gasteiger partial charge in [-0.3, -0.25) is 4.48 Å². The Balaban J connectivity index is 1.61. The Morgan fingerprint density at radius 2 is 1.45 bits per heavy atom. The molecule has 2 aromatic carbocycles. The van der Waals surface area contributed by atoms with Crippen molar-refractivity contribution in [2.24, 2.45) is 4.99 Å². The molecule has 1 saturated heterocycles. The summed E-state index contributed by atoms with van der Waals surface area (Å²) >= 11 is 1.49. The molecule has 2 heterocycles. The Morgan fingerprint density at radius 3 is 1.97 bits per heavy atom. The van der Waals surface area contributed by atoms with Crippen LogP contribution in [0.5, 0.6) is 0 Å². The van der Waals surface area contributed by atoms with Crippen molar-refractivity contribution in [2.75, 3.05) is 21.1 Å². The molecule has 0 aromatic heterocycles. The number of nitrogens with zero attached hydrogens (tertiary/aromatic N) is 2. The van der Waals surface area contributed by atoms with Crippen molar-refractivity contribution in [1.82, 2.24) is 0 Å². The number of quaternary nitrogens is 1. The third kappa shape index (κ3) is 6.19. The highest BCUT2D eigenvalue weighted by Gasteiger charge is 2.53. The first-order chi connectivity index (χ1) is 15.8. The molecule has 5 atom stereocenters. The fourth-order valence-corrected chi connectivity index (χ4v) is 5.27. The third-order valence-corrected chi connectivity index (χ3v) is 7.14. The number of aliphatic imine (C=N–C) groups is 1. The quantitative estimate of drug-likeness (QED) is 0.516. The zero-order valence-corrected chi connectivity index (χ0v) is 20.0. The highest BCUT2D eigenvalue weighted by Crippen LogP contribution is 2.41. The maximum absolute atomic E-state index is 13.5. The van der Waals surface area contributed by atoms with Crippen LogP contribution in [0, 0.1) is 0 Å². The minimum absolute atomic E-state index is 0.288. The minimum Gasteiger partial charge on any atom is -0.368 e. The number of amidine groups is 1. The fraction of sp³-hybridized carbons (Fsp3) is 0.480. The maximum Gasteiger partial charge on any atom is 0.261 e. The van der Waals surface area contributed by atoms with Gasteiger partial charge in [0.15, 0.2) is 0 Å². The van der Waals surface area contributed by atoms with Gasteiger partial charge in [0.25, 0.3) is 5.17 Å². The summed E-state index contributed by atoms with van der Waals surface area (Å²) in [5.74, 6) is 0. The summed E-state index contributed by atoms with van der Waals surface area (Å²) < 4.78 is 46.4. The average Bonchev–Trinajstić information content (AvgIpc) is 3.22. The monoisotopic (exact) mass is 477 g/mol. The summed E-state index contributed by atoms with van der Waals surface area (Å²) in [5, 5.41) is 0.887. The molecule has 4 rings (SSSR count). The van der Waals surface area contributed by atoms with Gasteiger partial charge in [-0.25, -0.2) is 13.8 Å². The van der Waals surface area contributed by atoms with Gasteiger partial charge in [0, 0.05) is 6.42 Å². The van der Waals surface area contributed by atoms with Crippen molar-refractivity contribution in [3.8, 4) is 0 Å². The first-order valence-electron chi connectivity index (χ1n) is 11.1. The van der Waals surface area contributed by atoms with Gasteiger partial charge in [-0.2, -0.15) is 0 Å². The van der Waals surface area contributed by atoms with Gasteiger partial charge in [-0.15, -0.1) is 0 Å². The Kier molecular flexibility index (Phi) is 7.81. The largest absolute Gasteiger partial charge is 0.368 e. The SMILES string of the molecule is C[N+](C)(C)C1=NC2C(OC(CC(F)F)C(OCc3ccccc3)C2OCc2ccccc2)S1. The van der Waals surface area contributed by atoms with E-state index in [4.69, 9.17) is 19.2 Å². The molecule has 5 unspecified atom stereocenters. The van der Waals surface area contributed by atoms with Crippen LogP contribution in [0.4, 0.5) is 8.78 Å². The van der Waals surface area contributed by atoms with Crippen LogP contribution in [0.25, 0.3) is 0 Å². The summed E-state index contributed by atoms with van der Waals surface area (Å²) in [6, 6.07) is 19.2. The van der Waals surface area contributed by atoms with Crippen molar-refractivity contribution in [3.63, 3.8) is 0 Å². The number of ether oxygens (including phenoxy) is 3. The van der Waals surface area contributed by atoms with E-state index < -0.39 is 31.2 Å². The van der Waals surface area contributed by atoms with Crippen molar-refractivity contribution in [1.29, 1.82) is 0 Å². The van der Waals surface area contributed by atoms with Crippen LogP contribution in [-0.2, 0) is 27.4 Å². The number of alkyl halides is 2. The first-order valence-corrected chi connectivity index (χ1v) is 12.0. The van der Waals surface area contributed by atoms with Crippen LogP contribution in [0.1, 0.15) is 17.5 Å². The molecule has 1 fully saturated rings. The van der Waals surface area contributed by atoms with Crippen LogP contribution < -0.4 is 0 Å². The molecule has 178 valence electrons. The van der Waals surface area contributed by atoms with Crippen molar-refractivity contribution < 1.29 is 27.5 Å².